The molecule has 0 unspecified atom stereocenters. The number of carbonyl (C=O) groups is 3. The molecule has 1 saturated heterocycles. The largest absolute Gasteiger partial charge is 0.490 e. The Bertz CT molecular complexity index is 1020. The lowest BCUT2D eigenvalue weighted by atomic mass is 10.1. The molecule has 1 fully saturated rings. The number of aryl methyl sites for hydroxylation is 1. The number of likely N-dealkylation sites (N-methyl/N-ethyl adjacent to an activating group) is 1. The normalized spacial score (nSPS) is 13.2. The van der Waals surface area contributed by atoms with Gasteiger partial charge in [0.1, 0.15) is 5.82 Å². The van der Waals surface area contributed by atoms with Crippen LogP contribution in [0.4, 0.5) is 5.82 Å². The molecular weight excluding hydrogens is 436 g/mol. The summed E-state index contributed by atoms with van der Waals surface area (Å²) in [4.78, 5) is 44.9. The Hall–Kier alpha value is -3.62. The molecular formula is C25H32N4O5. The number of piperidine rings is 1. The predicted octanol–water partition coefficient (Wildman–Crippen LogP) is 2.89. The molecule has 9 nitrogen and oxygen atoms in total. The lowest BCUT2D eigenvalue weighted by Crippen LogP contribution is -2.38. The van der Waals surface area contributed by atoms with Gasteiger partial charge in [-0.15, -0.1) is 0 Å². The molecule has 2 heterocycles. The average Bonchev–Trinajstić information content (AvgIpc) is 2.83. The van der Waals surface area contributed by atoms with Crippen LogP contribution in [0.5, 0.6) is 11.5 Å². The van der Waals surface area contributed by atoms with Crippen LogP contribution in [0.3, 0.4) is 0 Å². The molecule has 0 aliphatic carbocycles. The van der Waals surface area contributed by atoms with Crippen molar-refractivity contribution in [3.05, 3.63) is 47.7 Å². The van der Waals surface area contributed by atoms with Gasteiger partial charge in [0.05, 0.1) is 13.2 Å². The van der Waals surface area contributed by atoms with Crippen molar-refractivity contribution in [2.45, 2.75) is 33.1 Å². The van der Waals surface area contributed by atoms with Gasteiger partial charge in [0.2, 0.25) is 5.91 Å². The highest BCUT2D eigenvalue weighted by Crippen LogP contribution is 2.29. The maximum Gasteiger partial charge on any atom is 0.260 e. The number of hydrogen-bond donors (Lipinski definition) is 1. The van der Waals surface area contributed by atoms with Crippen LogP contribution in [0, 0.1) is 6.92 Å². The third-order valence-electron chi connectivity index (χ3n) is 5.46. The number of nitrogens with one attached hydrogen (secondary N) is 1. The number of nitrogens with zero attached hydrogens (tertiary/aromatic N) is 3. The van der Waals surface area contributed by atoms with Gasteiger partial charge in [-0.2, -0.15) is 0 Å². The first-order chi connectivity index (χ1) is 16.4. The fourth-order valence-electron chi connectivity index (χ4n) is 3.70. The van der Waals surface area contributed by atoms with Crippen molar-refractivity contribution in [1.82, 2.24) is 14.8 Å². The number of anilines is 1. The van der Waals surface area contributed by atoms with Crippen molar-refractivity contribution < 1.29 is 23.9 Å². The van der Waals surface area contributed by atoms with Gasteiger partial charge in [0, 0.05) is 31.9 Å². The topological polar surface area (TPSA) is 101 Å². The van der Waals surface area contributed by atoms with Gasteiger partial charge in [-0.3, -0.25) is 14.4 Å². The smallest absolute Gasteiger partial charge is 0.260 e. The van der Waals surface area contributed by atoms with Gasteiger partial charge in [-0.05, 0) is 69.0 Å². The number of likely N-dealkylation sites (tertiary alicyclic amines) is 1. The van der Waals surface area contributed by atoms with Gasteiger partial charge >= 0.3 is 0 Å². The number of pyridine rings is 1. The van der Waals surface area contributed by atoms with Gasteiger partial charge < -0.3 is 24.6 Å². The maximum atomic E-state index is 12.9. The van der Waals surface area contributed by atoms with Crippen molar-refractivity contribution in [3.8, 4) is 11.5 Å². The summed E-state index contributed by atoms with van der Waals surface area (Å²) in [6.45, 7) is 5.39. The molecule has 9 heteroatoms. The molecule has 0 bridgehead atoms. The molecule has 1 N–H and O–H groups in total. The number of carbonyl (C=O) groups excluding carboxylic acids is 3. The Morgan fingerprint density at radius 2 is 1.82 bits per heavy atom. The van der Waals surface area contributed by atoms with E-state index in [1.165, 1.54) is 4.90 Å². The van der Waals surface area contributed by atoms with Crippen LogP contribution in [0.1, 0.15) is 42.1 Å². The predicted molar refractivity (Wildman–Crippen MR) is 128 cm³/mol. The van der Waals surface area contributed by atoms with E-state index in [1.807, 2.05) is 24.8 Å². The minimum Gasteiger partial charge on any atom is -0.490 e. The zero-order chi connectivity index (χ0) is 24.5. The average molecular weight is 469 g/mol. The highest BCUT2D eigenvalue weighted by molar-refractivity contribution is 5.99. The van der Waals surface area contributed by atoms with E-state index in [4.69, 9.17) is 9.47 Å². The minimum absolute atomic E-state index is 0.0591. The quantitative estimate of drug-likeness (QED) is 0.607. The number of hydrogen-bond acceptors (Lipinski definition) is 6. The van der Waals surface area contributed by atoms with Crippen LogP contribution >= 0.6 is 0 Å². The number of amides is 3. The number of rotatable bonds is 9. The first-order valence-electron chi connectivity index (χ1n) is 11.5. The maximum absolute atomic E-state index is 12.9. The second-order valence-corrected chi connectivity index (χ2v) is 8.25. The van der Waals surface area contributed by atoms with E-state index in [2.05, 4.69) is 10.3 Å². The molecule has 34 heavy (non-hydrogen) atoms. The second-order valence-electron chi connectivity index (χ2n) is 8.25. The fraction of sp³-hybridized carbons (Fsp3) is 0.440. The van der Waals surface area contributed by atoms with E-state index >= 15 is 0 Å². The van der Waals surface area contributed by atoms with Crippen LogP contribution in [-0.2, 0) is 9.59 Å². The lowest BCUT2D eigenvalue weighted by molar-refractivity contribution is -0.134. The van der Waals surface area contributed by atoms with Crippen LogP contribution in [0.15, 0.2) is 36.5 Å². The van der Waals surface area contributed by atoms with Crippen molar-refractivity contribution in [2.24, 2.45) is 0 Å². The number of aromatic nitrogens is 1. The molecule has 3 rings (SSSR count). The molecule has 2 aromatic rings. The summed E-state index contributed by atoms with van der Waals surface area (Å²) < 4.78 is 11.4. The number of ether oxygens (including phenoxy) is 2. The van der Waals surface area contributed by atoms with E-state index in [0.29, 0.717) is 29.5 Å². The summed E-state index contributed by atoms with van der Waals surface area (Å²) in [7, 11) is 1.55. The summed E-state index contributed by atoms with van der Waals surface area (Å²) in [5, 5.41) is 2.69. The first kappa shape index (κ1) is 25.0. The van der Waals surface area contributed by atoms with E-state index in [9.17, 15) is 14.4 Å². The Kier molecular flexibility index (Phi) is 8.84. The molecule has 1 aliphatic heterocycles. The van der Waals surface area contributed by atoms with Gasteiger partial charge in [-0.25, -0.2) is 4.98 Å². The zero-order valence-electron chi connectivity index (χ0n) is 20.0. The van der Waals surface area contributed by atoms with E-state index < -0.39 is 0 Å². The molecule has 0 atom stereocenters. The highest BCUT2D eigenvalue weighted by Gasteiger charge is 2.20. The molecule has 182 valence electrons. The number of benzene rings is 1. The van der Waals surface area contributed by atoms with Crippen molar-refractivity contribution in [3.63, 3.8) is 0 Å². The van der Waals surface area contributed by atoms with Crippen LogP contribution in [-0.4, -0.2) is 72.4 Å². The standard InChI is InChI=1S/C25H32N4O5/c1-4-33-21-15-19(8-9-20(21)34-17-24(31)29-12-6-5-7-13-29)25(32)28(3)16-23(30)27-22-14-18(2)10-11-26-22/h8-11,14-15H,4-7,12-13,16-17H2,1-3H3,(H,26,27,30). The van der Waals surface area contributed by atoms with Gasteiger partial charge in [0.15, 0.2) is 18.1 Å². The molecule has 0 spiro atoms. The minimum atomic E-state index is -0.352. The Balaban J connectivity index is 1.61. The highest BCUT2D eigenvalue weighted by atomic mass is 16.5. The molecule has 1 aliphatic rings. The monoisotopic (exact) mass is 468 g/mol. The van der Waals surface area contributed by atoms with Gasteiger partial charge in [-0.1, -0.05) is 0 Å². The fourth-order valence-corrected chi connectivity index (χ4v) is 3.70. The SMILES string of the molecule is CCOc1cc(C(=O)N(C)CC(=O)Nc2cc(C)ccn2)ccc1OCC(=O)N1CCCCC1. The van der Waals surface area contributed by atoms with Crippen molar-refractivity contribution in [1.29, 1.82) is 0 Å². The Labute approximate surface area is 200 Å². The summed E-state index contributed by atoms with van der Waals surface area (Å²) in [6, 6.07) is 8.37. The summed E-state index contributed by atoms with van der Waals surface area (Å²) >= 11 is 0. The Morgan fingerprint density at radius 3 is 2.53 bits per heavy atom. The first-order valence-corrected chi connectivity index (χ1v) is 11.5. The zero-order valence-corrected chi connectivity index (χ0v) is 20.0. The van der Waals surface area contributed by atoms with E-state index in [-0.39, 0.29) is 30.9 Å². The molecule has 1 aromatic carbocycles. The van der Waals surface area contributed by atoms with Crippen LogP contribution in [0.25, 0.3) is 0 Å². The van der Waals surface area contributed by atoms with Crippen LogP contribution in [0.2, 0.25) is 0 Å². The summed E-state index contributed by atoms with van der Waals surface area (Å²) in [5.74, 6) is 0.455. The van der Waals surface area contributed by atoms with Crippen LogP contribution < -0.4 is 14.8 Å². The summed E-state index contributed by atoms with van der Waals surface area (Å²) in [6.07, 6.45) is 4.78. The van der Waals surface area contributed by atoms with E-state index in [0.717, 1.165) is 37.9 Å². The third kappa shape index (κ3) is 6.94. The van der Waals surface area contributed by atoms with Crippen molar-refractivity contribution >= 4 is 23.5 Å². The lowest BCUT2D eigenvalue weighted by Gasteiger charge is -2.26. The van der Waals surface area contributed by atoms with Crippen molar-refractivity contribution in [2.75, 3.05) is 45.2 Å². The third-order valence-corrected chi connectivity index (χ3v) is 5.46. The second kappa shape index (κ2) is 12.0. The summed E-state index contributed by atoms with van der Waals surface area (Å²) in [5.41, 5.74) is 1.32. The molecule has 3 amide bonds. The van der Waals surface area contributed by atoms with E-state index in [1.54, 1.807) is 37.5 Å². The Morgan fingerprint density at radius 1 is 1.06 bits per heavy atom. The molecule has 0 saturated carbocycles. The molecule has 1 aromatic heterocycles. The van der Waals surface area contributed by atoms with Gasteiger partial charge in [0.25, 0.3) is 11.8 Å². The molecule has 0 radical (unpaired) electrons.